The molecule has 0 aliphatic rings. The van der Waals surface area contributed by atoms with Gasteiger partial charge < -0.3 is 20.4 Å². The second-order valence-electron chi connectivity index (χ2n) is 4.04. The standard InChI is InChI=1S/C12H24N6O/c1-3-11-17-16-10-18(11)8-7-15-12(13)14-6-5-9-19-4-2/h10H,3-9H2,1-2H3,(H3,13,14,15). The van der Waals surface area contributed by atoms with Crippen LogP contribution in [0.2, 0.25) is 0 Å². The lowest BCUT2D eigenvalue weighted by Gasteiger charge is -2.07. The quantitative estimate of drug-likeness (QED) is 0.378. The molecule has 7 heteroatoms. The van der Waals surface area contributed by atoms with Gasteiger partial charge >= 0.3 is 0 Å². The maximum Gasteiger partial charge on any atom is 0.188 e. The third-order valence-electron chi connectivity index (χ3n) is 2.60. The van der Waals surface area contributed by atoms with Crippen molar-refractivity contribution in [1.82, 2.24) is 20.1 Å². The SMILES string of the molecule is CCOCCCN=C(N)NCCn1cnnc1CC. The number of guanidine groups is 1. The number of nitrogens with zero attached hydrogens (tertiary/aromatic N) is 4. The van der Waals surface area contributed by atoms with Crippen molar-refractivity contribution in [2.45, 2.75) is 33.2 Å². The summed E-state index contributed by atoms with van der Waals surface area (Å²) in [6.45, 7) is 7.70. The molecule has 0 fully saturated rings. The number of nitrogens with one attached hydrogen (secondary N) is 1. The monoisotopic (exact) mass is 268 g/mol. The molecule has 0 radical (unpaired) electrons. The molecular formula is C12H24N6O. The molecule has 0 atom stereocenters. The van der Waals surface area contributed by atoms with E-state index in [1.54, 1.807) is 6.33 Å². The van der Waals surface area contributed by atoms with Gasteiger partial charge in [-0.25, -0.2) is 0 Å². The fourth-order valence-electron chi connectivity index (χ4n) is 1.61. The van der Waals surface area contributed by atoms with E-state index < -0.39 is 0 Å². The summed E-state index contributed by atoms with van der Waals surface area (Å²) in [5.74, 6) is 1.46. The third kappa shape index (κ3) is 6.19. The molecule has 108 valence electrons. The Bertz CT molecular complexity index is 376. The Hall–Kier alpha value is -1.63. The fourth-order valence-corrected chi connectivity index (χ4v) is 1.61. The van der Waals surface area contributed by atoms with Crippen LogP contribution in [0.15, 0.2) is 11.3 Å². The Morgan fingerprint density at radius 3 is 3.11 bits per heavy atom. The van der Waals surface area contributed by atoms with Gasteiger partial charge in [-0.2, -0.15) is 0 Å². The topological polar surface area (TPSA) is 90.3 Å². The van der Waals surface area contributed by atoms with E-state index in [-0.39, 0.29) is 0 Å². The van der Waals surface area contributed by atoms with Gasteiger partial charge in [0.2, 0.25) is 0 Å². The number of hydrogen-bond donors (Lipinski definition) is 2. The number of aliphatic imine (C=N–C) groups is 1. The van der Waals surface area contributed by atoms with Crippen LogP contribution in [-0.2, 0) is 17.7 Å². The molecular weight excluding hydrogens is 244 g/mol. The summed E-state index contributed by atoms with van der Waals surface area (Å²) in [6.07, 6.45) is 3.50. The molecule has 0 amide bonds. The zero-order valence-electron chi connectivity index (χ0n) is 11.8. The molecule has 0 unspecified atom stereocenters. The first-order valence-electron chi connectivity index (χ1n) is 6.76. The first-order chi connectivity index (χ1) is 9.27. The summed E-state index contributed by atoms with van der Waals surface area (Å²) in [5.41, 5.74) is 5.76. The molecule has 0 saturated heterocycles. The van der Waals surface area contributed by atoms with Crippen molar-refractivity contribution >= 4 is 5.96 Å². The summed E-state index contributed by atoms with van der Waals surface area (Å²) in [7, 11) is 0. The van der Waals surface area contributed by atoms with Gasteiger partial charge in [-0.15, -0.1) is 10.2 Å². The van der Waals surface area contributed by atoms with Crippen molar-refractivity contribution in [3.63, 3.8) is 0 Å². The highest BCUT2D eigenvalue weighted by Crippen LogP contribution is 1.94. The van der Waals surface area contributed by atoms with Gasteiger partial charge in [0, 0.05) is 39.3 Å². The largest absolute Gasteiger partial charge is 0.382 e. The highest BCUT2D eigenvalue weighted by atomic mass is 16.5. The summed E-state index contributed by atoms with van der Waals surface area (Å²) in [4.78, 5) is 4.22. The second kappa shape index (κ2) is 9.32. The highest BCUT2D eigenvalue weighted by molar-refractivity contribution is 5.77. The summed E-state index contributed by atoms with van der Waals surface area (Å²) >= 11 is 0. The van der Waals surface area contributed by atoms with E-state index in [0.29, 0.717) is 19.0 Å². The lowest BCUT2D eigenvalue weighted by atomic mass is 10.4. The molecule has 19 heavy (non-hydrogen) atoms. The molecule has 0 saturated carbocycles. The molecule has 0 aliphatic carbocycles. The minimum Gasteiger partial charge on any atom is -0.382 e. The van der Waals surface area contributed by atoms with Crippen molar-refractivity contribution in [2.24, 2.45) is 10.7 Å². The molecule has 0 spiro atoms. The van der Waals surface area contributed by atoms with Crippen LogP contribution in [0.1, 0.15) is 26.1 Å². The number of hydrogen-bond acceptors (Lipinski definition) is 4. The van der Waals surface area contributed by atoms with Gasteiger partial charge in [0.15, 0.2) is 5.96 Å². The number of nitrogens with two attached hydrogens (primary N) is 1. The minimum atomic E-state index is 0.475. The molecule has 0 aliphatic heterocycles. The lowest BCUT2D eigenvalue weighted by Crippen LogP contribution is -2.34. The van der Waals surface area contributed by atoms with E-state index in [1.807, 2.05) is 11.5 Å². The summed E-state index contributed by atoms with van der Waals surface area (Å²) in [6, 6.07) is 0. The lowest BCUT2D eigenvalue weighted by molar-refractivity contribution is 0.146. The van der Waals surface area contributed by atoms with Gasteiger partial charge in [-0.05, 0) is 13.3 Å². The summed E-state index contributed by atoms with van der Waals surface area (Å²) < 4.78 is 7.23. The van der Waals surface area contributed by atoms with Crippen LogP contribution < -0.4 is 11.1 Å². The fraction of sp³-hybridized carbons (Fsp3) is 0.750. The number of rotatable bonds is 9. The van der Waals surface area contributed by atoms with Crippen molar-refractivity contribution < 1.29 is 4.74 Å². The molecule has 3 N–H and O–H groups in total. The first-order valence-corrected chi connectivity index (χ1v) is 6.76. The van der Waals surface area contributed by atoms with E-state index in [4.69, 9.17) is 10.5 Å². The maximum absolute atomic E-state index is 5.76. The number of aryl methyl sites for hydroxylation is 1. The molecule has 0 aromatic carbocycles. The van der Waals surface area contributed by atoms with Crippen LogP contribution in [0.25, 0.3) is 0 Å². The van der Waals surface area contributed by atoms with Gasteiger partial charge in [-0.1, -0.05) is 6.92 Å². The van der Waals surface area contributed by atoms with Crippen LogP contribution >= 0.6 is 0 Å². The van der Waals surface area contributed by atoms with E-state index >= 15 is 0 Å². The predicted octanol–water partition coefficient (Wildman–Crippen LogP) is 0.171. The molecule has 7 nitrogen and oxygen atoms in total. The molecule has 0 bridgehead atoms. The maximum atomic E-state index is 5.76. The normalized spacial score (nSPS) is 11.8. The molecule has 1 heterocycles. The van der Waals surface area contributed by atoms with Crippen molar-refractivity contribution in [1.29, 1.82) is 0 Å². The van der Waals surface area contributed by atoms with E-state index in [1.165, 1.54) is 0 Å². The average Bonchev–Trinajstić information content (AvgIpc) is 2.86. The van der Waals surface area contributed by atoms with Crippen molar-refractivity contribution in [2.75, 3.05) is 26.3 Å². The van der Waals surface area contributed by atoms with Gasteiger partial charge in [0.1, 0.15) is 12.2 Å². The third-order valence-corrected chi connectivity index (χ3v) is 2.60. The highest BCUT2D eigenvalue weighted by Gasteiger charge is 2.00. The van der Waals surface area contributed by atoms with Gasteiger partial charge in [-0.3, -0.25) is 4.99 Å². The van der Waals surface area contributed by atoms with Gasteiger partial charge in [0.05, 0.1) is 0 Å². The molecule has 1 aromatic heterocycles. The minimum absolute atomic E-state index is 0.475. The van der Waals surface area contributed by atoms with Crippen LogP contribution in [0, 0.1) is 0 Å². The number of aromatic nitrogens is 3. The Morgan fingerprint density at radius 2 is 2.37 bits per heavy atom. The Morgan fingerprint density at radius 1 is 1.53 bits per heavy atom. The first kappa shape index (κ1) is 15.4. The van der Waals surface area contributed by atoms with Crippen LogP contribution in [0.3, 0.4) is 0 Å². The Kier molecular flexibility index (Phi) is 7.57. The van der Waals surface area contributed by atoms with Crippen molar-refractivity contribution in [3.05, 3.63) is 12.2 Å². The summed E-state index contributed by atoms with van der Waals surface area (Å²) in [5, 5.41) is 11.0. The Labute approximate surface area is 114 Å². The van der Waals surface area contributed by atoms with E-state index in [0.717, 1.165) is 38.4 Å². The molecule has 1 rings (SSSR count). The van der Waals surface area contributed by atoms with E-state index in [9.17, 15) is 0 Å². The van der Waals surface area contributed by atoms with E-state index in [2.05, 4.69) is 27.4 Å². The van der Waals surface area contributed by atoms with Crippen molar-refractivity contribution in [3.8, 4) is 0 Å². The van der Waals surface area contributed by atoms with Crippen LogP contribution in [0.5, 0.6) is 0 Å². The average molecular weight is 268 g/mol. The predicted molar refractivity (Wildman–Crippen MR) is 75.0 cm³/mol. The zero-order chi connectivity index (χ0) is 13.9. The molecule has 1 aromatic rings. The van der Waals surface area contributed by atoms with Crippen LogP contribution in [-0.4, -0.2) is 47.0 Å². The Balaban J connectivity index is 2.16. The smallest absolute Gasteiger partial charge is 0.188 e. The van der Waals surface area contributed by atoms with Crippen LogP contribution in [0.4, 0.5) is 0 Å². The second-order valence-corrected chi connectivity index (χ2v) is 4.04. The number of ether oxygens (including phenoxy) is 1. The van der Waals surface area contributed by atoms with Gasteiger partial charge in [0.25, 0.3) is 0 Å². The zero-order valence-corrected chi connectivity index (χ0v) is 11.8.